The van der Waals surface area contributed by atoms with Gasteiger partial charge >= 0.3 is 5.97 Å². The summed E-state index contributed by atoms with van der Waals surface area (Å²) in [5, 5.41) is 13.0. The van der Waals surface area contributed by atoms with Crippen LogP contribution in [0.2, 0.25) is 0 Å². The van der Waals surface area contributed by atoms with Crippen LogP contribution in [0, 0.1) is 12.7 Å². The van der Waals surface area contributed by atoms with E-state index in [1.165, 1.54) is 25.3 Å². The monoisotopic (exact) mass is 234 g/mol. The second-order valence-corrected chi connectivity index (χ2v) is 3.85. The highest BCUT2D eigenvalue weighted by atomic mass is 19.1. The molecular weight excluding hydrogens is 223 g/mol. The molecule has 88 valence electrons. The van der Waals surface area contributed by atoms with Crippen molar-refractivity contribution in [1.82, 2.24) is 9.78 Å². The first-order valence-corrected chi connectivity index (χ1v) is 5.01. The summed E-state index contributed by atoms with van der Waals surface area (Å²) in [6.07, 6.45) is 3.16. The van der Waals surface area contributed by atoms with Crippen LogP contribution in [0.5, 0.6) is 0 Å². The minimum absolute atomic E-state index is 0.0805. The van der Waals surface area contributed by atoms with E-state index in [0.29, 0.717) is 16.7 Å². The predicted octanol–water partition coefficient (Wildman–Crippen LogP) is 2.23. The number of nitrogens with zero attached hydrogens (tertiary/aromatic N) is 2. The van der Waals surface area contributed by atoms with E-state index in [0.717, 1.165) is 0 Å². The van der Waals surface area contributed by atoms with Crippen LogP contribution in [0.15, 0.2) is 24.5 Å². The minimum Gasteiger partial charge on any atom is -0.478 e. The standard InChI is InChI=1S/C12H11FN2O2/c1-7-3-10(12(16)17)9(4-11(7)13)8-5-14-15(2)6-8/h3-6H,1-2H3,(H,16,17). The van der Waals surface area contributed by atoms with Crippen LogP contribution in [-0.2, 0) is 7.05 Å². The number of carboxylic acid groups (broad SMARTS) is 1. The molecule has 0 spiro atoms. The molecule has 1 N–H and O–H groups in total. The van der Waals surface area contributed by atoms with Crippen LogP contribution < -0.4 is 0 Å². The first kappa shape index (κ1) is 11.3. The van der Waals surface area contributed by atoms with Gasteiger partial charge in [-0.1, -0.05) is 0 Å². The molecule has 0 aliphatic carbocycles. The molecule has 17 heavy (non-hydrogen) atoms. The zero-order chi connectivity index (χ0) is 12.6. The van der Waals surface area contributed by atoms with Crippen molar-refractivity contribution in [3.63, 3.8) is 0 Å². The van der Waals surface area contributed by atoms with Gasteiger partial charge in [-0.3, -0.25) is 4.68 Å². The maximum atomic E-state index is 13.5. The fraction of sp³-hybridized carbons (Fsp3) is 0.167. The first-order valence-electron chi connectivity index (χ1n) is 5.01. The average Bonchev–Trinajstić information content (AvgIpc) is 2.68. The van der Waals surface area contributed by atoms with E-state index in [4.69, 9.17) is 5.11 Å². The fourth-order valence-corrected chi connectivity index (χ4v) is 1.66. The number of carboxylic acids is 1. The fourth-order valence-electron chi connectivity index (χ4n) is 1.66. The van der Waals surface area contributed by atoms with Gasteiger partial charge in [0.1, 0.15) is 5.82 Å². The van der Waals surface area contributed by atoms with Crippen molar-refractivity contribution in [1.29, 1.82) is 0 Å². The number of aromatic nitrogens is 2. The van der Waals surface area contributed by atoms with Crippen molar-refractivity contribution in [2.24, 2.45) is 7.05 Å². The highest BCUT2D eigenvalue weighted by molar-refractivity contribution is 5.96. The normalized spacial score (nSPS) is 10.5. The largest absolute Gasteiger partial charge is 0.478 e. The number of hydrogen-bond donors (Lipinski definition) is 1. The lowest BCUT2D eigenvalue weighted by molar-refractivity contribution is 0.0697. The molecule has 0 atom stereocenters. The molecule has 1 aromatic carbocycles. The molecule has 5 heteroatoms. The molecule has 1 aromatic heterocycles. The maximum Gasteiger partial charge on any atom is 0.336 e. The number of aromatic carboxylic acids is 1. The second-order valence-electron chi connectivity index (χ2n) is 3.85. The number of rotatable bonds is 2. The number of halogens is 1. The topological polar surface area (TPSA) is 55.1 Å². The van der Waals surface area contributed by atoms with Gasteiger partial charge in [0.2, 0.25) is 0 Å². The van der Waals surface area contributed by atoms with Gasteiger partial charge < -0.3 is 5.11 Å². The van der Waals surface area contributed by atoms with E-state index in [9.17, 15) is 9.18 Å². The van der Waals surface area contributed by atoms with Crippen LogP contribution in [0.4, 0.5) is 4.39 Å². The van der Waals surface area contributed by atoms with Crippen LogP contribution in [0.25, 0.3) is 11.1 Å². The second kappa shape index (κ2) is 4.01. The lowest BCUT2D eigenvalue weighted by Crippen LogP contribution is -2.01. The molecule has 2 aromatic rings. The van der Waals surface area contributed by atoms with Gasteiger partial charge in [0.25, 0.3) is 0 Å². The summed E-state index contributed by atoms with van der Waals surface area (Å²) in [4.78, 5) is 11.1. The molecule has 0 fully saturated rings. The summed E-state index contributed by atoms with van der Waals surface area (Å²) < 4.78 is 15.0. The quantitative estimate of drug-likeness (QED) is 0.866. The van der Waals surface area contributed by atoms with E-state index < -0.39 is 11.8 Å². The molecule has 4 nitrogen and oxygen atoms in total. The van der Waals surface area contributed by atoms with E-state index in [2.05, 4.69) is 5.10 Å². The Morgan fingerprint density at radius 2 is 2.18 bits per heavy atom. The minimum atomic E-state index is -1.08. The Morgan fingerprint density at radius 3 is 2.71 bits per heavy atom. The number of carbonyl (C=O) groups is 1. The summed E-state index contributed by atoms with van der Waals surface area (Å²) in [5.41, 5.74) is 1.32. The van der Waals surface area contributed by atoms with Gasteiger partial charge in [0, 0.05) is 24.4 Å². The molecule has 1 heterocycles. The van der Waals surface area contributed by atoms with Gasteiger partial charge in [-0.15, -0.1) is 0 Å². The molecule has 0 amide bonds. The lowest BCUT2D eigenvalue weighted by atomic mass is 10.00. The molecule has 2 rings (SSSR count). The third-order valence-electron chi connectivity index (χ3n) is 2.55. The van der Waals surface area contributed by atoms with Gasteiger partial charge in [0.05, 0.1) is 11.8 Å². The molecule has 0 saturated carbocycles. The smallest absolute Gasteiger partial charge is 0.336 e. The lowest BCUT2D eigenvalue weighted by Gasteiger charge is -2.06. The van der Waals surface area contributed by atoms with Crippen LogP contribution in [-0.4, -0.2) is 20.9 Å². The predicted molar refractivity (Wildman–Crippen MR) is 60.3 cm³/mol. The Balaban J connectivity index is 2.67. The van der Waals surface area contributed by atoms with E-state index >= 15 is 0 Å². The third kappa shape index (κ3) is 2.04. The molecule has 0 aliphatic rings. The Hall–Kier alpha value is -2.17. The van der Waals surface area contributed by atoms with Crippen molar-refractivity contribution in [2.45, 2.75) is 6.92 Å². The number of hydrogen-bond acceptors (Lipinski definition) is 2. The van der Waals surface area contributed by atoms with Gasteiger partial charge in [-0.05, 0) is 24.6 Å². The van der Waals surface area contributed by atoms with E-state index in [1.807, 2.05) is 0 Å². The number of aryl methyl sites for hydroxylation is 2. The Morgan fingerprint density at radius 1 is 1.47 bits per heavy atom. The SMILES string of the molecule is Cc1cc(C(=O)O)c(-c2cnn(C)c2)cc1F. The van der Waals surface area contributed by atoms with Crippen molar-refractivity contribution < 1.29 is 14.3 Å². The molecule has 0 unspecified atom stereocenters. The zero-order valence-electron chi connectivity index (χ0n) is 9.44. The van der Waals surface area contributed by atoms with Crippen molar-refractivity contribution >= 4 is 5.97 Å². The third-order valence-corrected chi connectivity index (χ3v) is 2.55. The molecular formula is C12H11FN2O2. The Kier molecular flexibility index (Phi) is 2.67. The van der Waals surface area contributed by atoms with Crippen molar-refractivity contribution in [2.75, 3.05) is 0 Å². The summed E-state index contributed by atoms with van der Waals surface area (Å²) >= 11 is 0. The summed E-state index contributed by atoms with van der Waals surface area (Å²) in [7, 11) is 1.72. The highest BCUT2D eigenvalue weighted by Crippen LogP contribution is 2.26. The van der Waals surface area contributed by atoms with Gasteiger partial charge in [-0.2, -0.15) is 5.10 Å². The van der Waals surface area contributed by atoms with Gasteiger partial charge in [-0.25, -0.2) is 9.18 Å². The Bertz CT molecular complexity index is 590. The summed E-state index contributed by atoms with van der Waals surface area (Å²) in [6.45, 7) is 1.54. The molecule has 0 aliphatic heterocycles. The number of benzene rings is 1. The maximum absolute atomic E-state index is 13.5. The van der Waals surface area contributed by atoms with Gasteiger partial charge in [0.15, 0.2) is 0 Å². The molecule has 0 bridgehead atoms. The highest BCUT2D eigenvalue weighted by Gasteiger charge is 2.15. The van der Waals surface area contributed by atoms with Crippen LogP contribution in [0.3, 0.4) is 0 Å². The van der Waals surface area contributed by atoms with Crippen molar-refractivity contribution in [3.05, 3.63) is 41.5 Å². The molecule has 0 radical (unpaired) electrons. The zero-order valence-corrected chi connectivity index (χ0v) is 9.44. The van der Waals surface area contributed by atoms with Crippen molar-refractivity contribution in [3.8, 4) is 11.1 Å². The van der Waals surface area contributed by atoms with Crippen LogP contribution in [0.1, 0.15) is 15.9 Å². The Labute approximate surface area is 97.3 Å². The van der Waals surface area contributed by atoms with Crippen LogP contribution >= 0.6 is 0 Å². The summed E-state index contributed by atoms with van der Waals surface area (Å²) in [6, 6.07) is 2.57. The molecule has 0 saturated heterocycles. The first-order chi connectivity index (χ1) is 7.99. The van der Waals surface area contributed by atoms with E-state index in [-0.39, 0.29) is 5.56 Å². The summed E-state index contributed by atoms with van der Waals surface area (Å²) in [5.74, 6) is -1.50. The average molecular weight is 234 g/mol. The van der Waals surface area contributed by atoms with E-state index in [1.54, 1.807) is 17.9 Å².